The Balaban J connectivity index is 1.46. The number of para-hydroxylation sites is 1. The molecule has 170 valence electrons. The standard InChI is InChI=1S/C28H24N2O2S2/c1-3-32-23-14-12-22(13-15-23)30-27(31)26(34-28(30)33)16-21-18-29(25-7-5-4-6-24(21)25)17-20-10-8-19(2)9-11-20/h4-16,18H,3,17H2,1-2H3/b26-16-. The molecule has 0 radical (unpaired) electrons. The van der Waals surface area contributed by atoms with Crippen LogP contribution < -0.4 is 9.64 Å². The van der Waals surface area contributed by atoms with Crippen LogP contribution in [-0.2, 0) is 11.3 Å². The van der Waals surface area contributed by atoms with E-state index in [1.54, 1.807) is 4.90 Å². The first-order valence-corrected chi connectivity index (χ1v) is 12.4. The van der Waals surface area contributed by atoms with Crippen LogP contribution in [-0.4, -0.2) is 21.4 Å². The van der Waals surface area contributed by atoms with E-state index >= 15 is 0 Å². The number of thioether (sulfide) groups is 1. The summed E-state index contributed by atoms with van der Waals surface area (Å²) in [4.78, 5) is 15.5. The first kappa shape index (κ1) is 22.4. The summed E-state index contributed by atoms with van der Waals surface area (Å²) in [6.45, 7) is 5.40. The van der Waals surface area contributed by atoms with Gasteiger partial charge in [0.1, 0.15) is 5.75 Å². The van der Waals surface area contributed by atoms with Crippen LogP contribution in [0.25, 0.3) is 17.0 Å². The number of nitrogens with zero attached hydrogens (tertiary/aromatic N) is 2. The molecule has 0 N–H and O–H groups in total. The lowest BCUT2D eigenvalue weighted by atomic mass is 10.1. The molecule has 0 spiro atoms. The SMILES string of the molecule is CCOc1ccc(N2C(=O)/C(=C/c3cn(Cc4ccc(C)cc4)c4ccccc34)SC2=S)cc1. The third-order valence-electron chi connectivity index (χ3n) is 5.78. The Bertz CT molecular complexity index is 1400. The van der Waals surface area contributed by atoms with Crippen molar-refractivity contribution in [2.24, 2.45) is 0 Å². The van der Waals surface area contributed by atoms with Gasteiger partial charge in [-0.05, 0) is 55.8 Å². The summed E-state index contributed by atoms with van der Waals surface area (Å²) in [5, 5.41) is 1.11. The summed E-state index contributed by atoms with van der Waals surface area (Å²) in [5.74, 6) is 0.670. The van der Waals surface area contributed by atoms with E-state index in [2.05, 4.69) is 54.1 Å². The molecule has 0 saturated carbocycles. The van der Waals surface area contributed by atoms with Crippen molar-refractivity contribution in [1.29, 1.82) is 0 Å². The molecule has 1 amide bonds. The summed E-state index contributed by atoms with van der Waals surface area (Å²) in [5.41, 5.74) is 5.37. The molecule has 0 aliphatic carbocycles. The molecule has 0 unspecified atom stereocenters. The highest BCUT2D eigenvalue weighted by Gasteiger charge is 2.33. The first-order valence-electron chi connectivity index (χ1n) is 11.2. The quantitative estimate of drug-likeness (QED) is 0.223. The fraction of sp³-hybridized carbons (Fsp3) is 0.143. The number of aryl methyl sites for hydroxylation is 1. The lowest BCUT2D eigenvalue weighted by molar-refractivity contribution is -0.113. The second-order valence-corrected chi connectivity index (χ2v) is 9.83. The Morgan fingerprint density at radius 3 is 2.47 bits per heavy atom. The topological polar surface area (TPSA) is 34.5 Å². The molecule has 1 aliphatic rings. The Kier molecular flexibility index (Phi) is 6.26. The molecule has 0 atom stereocenters. The van der Waals surface area contributed by atoms with E-state index in [1.807, 2.05) is 49.4 Å². The second kappa shape index (κ2) is 9.49. The molecular weight excluding hydrogens is 460 g/mol. The normalized spacial score (nSPS) is 15.0. The van der Waals surface area contributed by atoms with Crippen molar-refractivity contribution in [2.75, 3.05) is 11.5 Å². The number of hydrogen-bond donors (Lipinski definition) is 0. The van der Waals surface area contributed by atoms with Gasteiger partial charge in [-0.25, -0.2) is 0 Å². The molecule has 3 aromatic carbocycles. The average molecular weight is 485 g/mol. The fourth-order valence-corrected chi connectivity index (χ4v) is 5.39. The van der Waals surface area contributed by atoms with E-state index in [9.17, 15) is 4.79 Å². The number of amides is 1. The third-order valence-corrected chi connectivity index (χ3v) is 7.08. The number of rotatable bonds is 6. The number of ether oxygens (including phenoxy) is 1. The largest absolute Gasteiger partial charge is 0.494 e. The molecule has 1 aromatic heterocycles. The van der Waals surface area contributed by atoms with Gasteiger partial charge >= 0.3 is 0 Å². The maximum absolute atomic E-state index is 13.3. The highest BCUT2D eigenvalue weighted by molar-refractivity contribution is 8.27. The van der Waals surface area contributed by atoms with E-state index in [4.69, 9.17) is 17.0 Å². The Labute approximate surface area is 208 Å². The second-order valence-electron chi connectivity index (χ2n) is 8.16. The first-order chi connectivity index (χ1) is 16.5. The molecule has 1 aliphatic heterocycles. The highest BCUT2D eigenvalue weighted by atomic mass is 32.2. The minimum atomic E-state index is -0.102. The molecule has 34 heavy (non-hydrogen) atoms. The molecule has 4 nitrogen and oxygen atoms in total. The summed E-state index contributed by atoms with van der Waals surface area (Å²) in [6.07, 6.45) is 4.08. The van der Waals surface area contributed by atoms with Crippen LogP contribution >= 0.6 is 24.0 Å². The molecule has 0 bridgehead atoms. The van der Waals surface area contributed by atoms with Crippen LogP contribution in [0, 0.1) is 6.92 Å². The molecule has 1 saturated heterocycles. The number of carbonyl (C=O) groups excluding carboxylic acids is 1. The number of benzene rings is 3. The molecule has 4 aromatic rings. The predicted octanol–water partition coefficient (Wildman–Crippen LogP) is 6.80. The van der Waals surface area contributed by atoms with Crippen LogP contribution in [0.3, 0.4) is 0 Å². The fourth-order valence-electron chi connectivity index (χ4n) is 4.10. The Morgan fingerprint density at radius 2 is 1.74 bits per heavy atom. The molecule has 6 heteroatoms. The van der Waals surface area contributed by atoms with Gasteiger partial charge in [-0.1, -0.05) is 72.0 Å². The number of aromatic nitrogens is 1. The number of thiocarbonyl (C=S) groups is 1. The van der Waals surface area contributed by atoms with Crippen LogP contribution in [0.1, 0.15) is 23.6 Å². The highest BCUT2D eigenvalue weighted by Crippen LogP contribution is 2.37. The summed E-state index contributed by atoms with van der Waals surface area (Å²) in [6, 6.07) is 24.3. The van der Waals surface area contributed by atoms with E-state index in [0.29, 0.717) is 15.8 Å². The summed E-state index contributed by atoms with van der Waals surface area (Å²) >= 11 is 6.90. The zero-order valence-electron chi connectivity index (χ0n) is 19.0. The molecule has 1 fully saturated rings. The van der Waals surface area contributed by atoms with Gasteiger partial charge in [-0.3, -0.25) is 9.69 Å². The van der Waals surface area contributed by atoms with E-state index in [0.717, 1.165) is 34.4 Å². The average Bonchev–Trinajstić information content (AvgIpc) is 3.32. The van der Waals surface area contributed by atoms with E-state index in [-0.39, 0.29) is 5.91 Å². The minimum absolute atomic E-state index is 0.102. The van der Waals surface area contributed by atoms with Crippen molar-refractivity contribution in [3.8, 4) is 5.75 Å². The van der Waals surface area contributed by atoms with E-state index < -0.39 is 0 Å². The van der Waals surface area contributed by atoms with Crippen LogP contribution in [0.5, 0.6) is 5.75 Å². The van der Waals surface area contributed by atoms with Crippen molar-refractivity contribution < 1.29 is 9.53 Å². The third kappa shape index (κ3) is 4.39. The van der Waals surface area contributed by atoms with Gasteiger partial charge in [0, 0.05) is 29.2 Å². The Morgan fingerprint density at radius 1 is 1.00 bits per heavy atom. The van der Waals surface area contributed by atoms with Crippen LogP contribution in [0.15, 0.2) is 83.9 Å². The van der Waals surface area contributed by atoms with Gasteiger partial charge in [0.2, 0.25) is 0 Å². The van der Waals surface area contributed by atoms with Crippen LogP contribution in [0.4, 0.5) is 5.69 Å². The number of anilines is 1. The van der Waals surface area contributed by atoms with Crippen molar-refractivity contribution in [2.45, 2.75) is 20.4 Å². The Hall–Kier alpha value is -3.35. The van der Waals surface area contributed by atoms with E-state index in [1.165, 1.54) is 22.9 Å². The number of carbonyl (C=O) groups is 1. The summed E-state index contributed by atoms with van der Waals surface area (Å²) in [7, 11) is 0. The number of fused-ring (bicyclic) bond motifs is 1. The maximum Gasteiger partial charge on any atom is 0.270 e. The smallest absolute Gasteiger partial charge is 0.270 e. The lowest BCUT2D eigenvalue weighted by Gasteiger charge is -2.15. The predicted molar refractivity (Wildman–Crippen MR) is 145 cm³/mol. The molecule has 2 heterocycles. The minimum Gasteiger partial charge on any atom is -0.494 e. The van der Waals surface area contributed by atoms with Crippen molar-refractivity contribution in [1.82, 2.24) is 4.57 Å². The van der Waals surface area contributed by atoms with Crippen molar-refractivity contribution >= 4 is 56.9 Å². The zero-order chi connectivity index (χ0) is 23.7. The molecule has 5 rings (SSSR count). The maximum atomic E-state index is 13.3. The lowest BCUT2D eigenvalue weighted by Crippen LogP contribution is -2.27. The van der Waals surface area contributed by atoms with Gasteiger partial charge in [0.25, 0.3) is 5.91 Å². The monoisotopic (exact) mass is 484 g/mol. The van der Waals surface area contributed by atoms with Gasteiger partial charge in [-0.15, -0.1) is 0 Å². The van der Waals surface area contributed by atoms with Gasteiger partial charge in [0.15, 0.2) is 4.32 Å². The number of hydrogen-bond acceptors (Lipinski definition) is 4. The van der Waals surface area contributed by atoms with Crippen LogP contribution in [0.2, 0.25) is 0 Å². The van der Waals surface area contributed by atoms with Gasteiger partial charge in [0.05, 0.1) is 17.2 Å². The summed E-state index contributed by atoms with van der Waals surface area (Å²) < 4.78 is 8.28. The molecular formula is C28H24N2O2S2. The zero-order valence-corrected chi connectivity index (χ0v) is 20.7. The van der Waals surface area contributed by atoms with Crippen molar-refractivity contribution in [3.63, 3.8) is 0 Å². The van der Waals surface area contributed by atoms with Gasteiger partial charge < -0.3 is 9.30 Å². The van der Waals surface area contributed by atoms with Crippen molar-refractivity contribution in [3.05, 3.63) is 101 Å². The van der Waals surface area contributed by atoms with Gasteiger partial charge in [-0.2, -0.15) is 0 Å².